The van der Waals surface area contributed by atoms with Gasteiger partial charge in [0.2, 0.25) is 10.0 Å². The van der Waals surface area contributed by atoms with Crippen LogP contribution in [0.2, 0.25) is 0 Å². The van der Waals surface area contributed by atoms with Crippen molar-refractivity contribution in [3.05, 3.63) is 0 Å². The normalized spacial score (nSPS) is 24.9. The molecule has 0 bridgehead atoms. The fraction of sp³-hybridized carbons (Fsp3) is 1.00. The standard InChI is InChI=1S/C14H30N2O3S/c1-4-8-15-9-6-7-10-20(17,18)16-11-13(3)19-12-14(16)5-2/h13-15H,4-12H2,1-3H3. The van der Waals surface area contributed by atoms with Crippen LogP contribution in [0.4, 0.5) is 0 Å². The molecule has 2 atom stereocenters. The maximum absolute atomic E-state index is 12.4. The zero-order chi connectivity index (χ0) is 15.0. The summed E-state index contributed by atoms with van der Waals surface area (Å²) in [6.45, 7) is 9.00. The molecule has 1 aliphatic heterocycles. The zero-order valence-corrected chi connectivity index (χ0v) is 13.9. The van der Waals surface area contributed by atoms with Gasteiger partial charge in [0.15, 0.2) is 0 Å². The predicted octanol–water partition coefficient (Wildman–Crippen LogP) is 1.60. The van der Waals surface area contributed by atoms with E-state index in [1.54, 1.807) is 4.31 Å². The monoisotopic (exact) mass is 306 g/mol. The van der Waals surface area contributed by atoms with Crippen LogP contribution in [0.15, 0.2) is 0 Å². The Labute approximate surface area is 124 Å². The number of ether oxygens (including phenoxy) is 1. The second-order valence-electron chi connectivity index (χ2n) is 5.55. The van der Waals surface area contributed by atoms with Crippen LogP contribution >= 0.6 is 0 Å². The molecule has 5 nitrogen and oxygen atoms in total. The van der Waals surface area contributed by atoms with Gasteiger partial charge >= 0.3 is 0 Å². The molecule has 0 radical (unpaired) electrons. The third-order valence-corrected chi connectivity index (χ3v) is 5.65. The molecule has 120 valence electrons. The second-order valence-corrected chi connectivity index (χ2v) is 7.59. The first kappa shape index (κ1) is 17.9. The van der Waals surface area contributed by atoms with E-state index in [0.717, 1.165) is 38.8 Å². The van der Waals surface area contributed by atoms with Gasteiger partial charge in [-0.15, -0.1) is 0 Å². The Kier molecular flexibility index (Phi) is 8.02. The van der Waals surface area contributed by atoms with E-state index in [1.807, 2.05) is 13.8 Å². The fourth-order valence-corrected chi connectivity index (χ4v) is 4.33. The van der Waals surface area contributed by atoms with Crippen molar-refractivity contribution in [1.82, 2.24) is 9.62 Å². The van der Waals surface area contributed by atoms with Gasteiger partial charge in [0.1, 0.15) is 0 Å². The van der Waals surface area contributed by atoms with E-state index in [0.29, 0.717) is 13.2 Å². The van der Waals surface area contributed by atoms with Crippen LogP contribution in [-0.4, -0.2) is 56.9 Å². The molecule has 20 heavy (non-hydrogen) atoms. The molecule has 1 rings (SSSR count). The SMILES string of the molecule is CCCNCCCCS(=O)(=O)N1CC(C)OCC1CC. The number of morpholine rings is 1. The van der Waals surface area contributed by atoms with Gasteiger partial charge in [0, 0.05) is 12.6 Å². The lowest BCUT2D eigenvalue weighted by atomic mass is 10.2. The van der Waals surface area contributed by atoms with Crippen LogP contribution in [0, 0.1) is 0 Å². The van der Waals surface area contributed by atoms with Crippen molar-refractivity contribution in [3.8, 4) is 0 Å². The van der Waals surface area contributed by atoms with Crippen molar-refractivity contribution in [2.45, 2.75) is 58.6 Å². The molecule has 0 aliphatic carbocycles. The molecule has 1 heterocycles. The van der Waals surface area contributed by atoms with Crippen molar-refractivity contribution in [2.24, 2.45) is 0 Å². The molecular weight excluding hydrogens is 276 g/mol. The highest BCUT2D eigenvalue weighted by Gasteiger charge is 2.33. The van der Waals surface area contributed by atoms with Crippen LogP contribution in [0.5, 0.6) is 0 Å². The third-order valence-electron chi connectivity index (χ3n) is 3.68. The lowest BCUT2D eigenvalue weighted by Gasteiger charge is -2.37. The molecule has 0 aromatic carbocycles. The largest absolute Gasteiger partial charge is 0.375 e. The van der Waals surface area contributed by atoms with Gasteiger partial charge in [-0.2, -0.15) is 4.31 Å². The van der Waals surface area contributed by atoms with E-state index in [1.165, 1.54) is 0 Å². The minimum atomic E-state index is -3.14. The summed E-state index contributed by atoms with van der Waals surface area (Å²) in [5.74, 6) is 0.254. The third kappa shape index (κ3) is 5.68. The number of sulfonamides is 1. The summed E-state index contributed by atoms with van der Waals surface area (Å²) >= 11 is 0. The van der Waals surface area contributed by atoms with E-state index in [4.69, 9.17) is 4.74 Å². The summed E-state index contributed by atoms with van der Waals surface area (Å²) in [7, 11) is -3.14. The Morgan fingerprint density at radius 1 is 1.25 bits per heavy atom. The van der Waals surface area contributed by atoms with Crippen LogP contribution in [-0.2, 0) is 14.8 Å². The average Bonchev–Trinajstić information content (AvgIpc) is 2.42. The summed E-state index contributed by atoms with van der Waals surface area (Å²) in [5, 5.41) is 3.30. The number of hydrogen-bond acceptors (Lipinski definition) is 4. The zero-order valence-electron chi connectivity index (χ0n) is 13.1. The molecular formula is C14H30N2O3S. The molecule has 0 aromatic rings. The number of hydrogen-bond donors (Lipinski definition) is 1. The van der Waals surface area contributed by atoms with Gasteiger partial charge in [-0.25, -0.2) is 8.42 Å². The van der Waals surface area contributed by atoms with E-state index < -0.39 is 10.0 Å². The topological polar surface area (TPSA) is 58.6 Å². The molecule has 2 unspecified atom stereocenters. The first-order valence-corrected chi connectivity index (χ1v) is 9.44. The first-order valence-electron chi connectivity index (χ1n) is 7.83. The Morgan fingerprint density at radius 2 is 2.00 bits per heavy atom. The molecule has 1 N–H and O–H groups in total. The smallest absolute Gasteiger partial charge is 0.214 e. The molecule has 0 amide bonds. The molecule has 0 spiro atoms. The molecule has 0 saturated carbocycles. The van der Waals surface area contributed by atoms with Crippen molar-refractivity contribution >= 4 is 10.0 Å². The summed E-state index contributed by atoms with van der Waals surface area (Å²) in [4.78, 5) is 0. The Morgan fingerprint density at radius 3 is 2.65 bits per heavy atom. The molecule has 6 heteroatoms. The summed E-state index contributed by atoms with van der Waals surface area (Å²) in [6.07, 6.45) is 3.56. The maximum atomic E-state index is 12.4. The van der Waals surface area contributed by atoms with Crippen LogP contribution in [0.3, 0.4) is 0 Å². The number of unbranched alkanes of at least 4 members (excludes halogenated alkanes) is 1. The Balaban J connectivity index is 2.41. The lowest BCUT2D eigenvalue weighted by molar-refractivity contribution is -0.0230. The van der Waals surface area contributed by atoms with Crippen LogP contribution < -0.4 is 5.32 Å². The van der Waals surface area contributed by atoms with Gasteiger partial charge in [-0.1, -0.05) is 13.8 Å². The molecule has 1 fully saturated rings. The van der Waals surface area contributed by atoms with E-state index in [9.17, 15) is 8.42 Å². The summed E-state index contributed by atoms with van der Waals surface area (Å²) < 4.78 is 32.1. The van der Waals surface area contributed by atoms with Crippen molar-refractivity contribution in [2.75, 3.05) is 32.0 Å². The molecule has 1 saturated heterocycles. The van der Waals surface area contributed by atoms with Gasteiger partial charge in [0.05, 0.1) is 18.5 Å². The average molecular weight is 306 g/mol. The predicted molar refractivity (Wildman–Crippen MR) is 82.4 cm³/mol. The van der Waals surface area contributed by atoms with Crippen LogP contribution in [0.1, 0.15) is 46.5 Å². The Bertz CT molecular complexity index is 359. The van der Waals surface area contributed by atoms with Gasteiger partial charge < -0.3 is 10.1 Å². The van der Waals surface area contributed by atoms with Crippen molar-refractivity contribution < 1.29 is 13.2 Å². The highest BCUT2D eigenvalue weighted by Crippen LogP contribution is 2.19. The number of rotatable bonds is 9. The molecule has 1 aliphatic rings. The summed E-state index contributed by atoms with van der Waals surface area (Å²) in [6, 6.07) is 0.00872. The fourth-order valence-electron chi connectivity index (χ4n) is 2.43. The first-order chi connectivity index (χ1) is 9.51. The van der Waals surface area contributed by atoms with Gasteiger partial charge in [-0.3, -0.25) is 0 Å². The summed E-state index contributed by atoms with van der Waals surface area (Å²) in [5.41, 5.74) is 0. The number of nitrogens with one attached hydrogen (secondary N) is 1. The highest BCUT2D eigenvalue weighted by molar-refractivity contribution is 7.89. The van der Waals surface area contributed by atoms with Gasteiger partial charge in [-0.05, 0) is 45.7 Å². The lowest BCUT2D eigenvalue weighted by Crippen LogP contribution is -2.51. The van der Waals surface area contributed by atoms with Crippen LogP contribution in [0.25, 0.3) is 0 Å². The minimum absolute atomic E-state index is 0.00111. The quantitative estimate of drug-likeness (QED) is 0.657. The minimum Gasteiger partial charge on any atom is -0.375 e. The van der Waals surface area contributed by atoms with E-state index >= 15 is 0 Å². The van der Waals surface area contributed by atoms with E-state index in [2.05, 4.69) is 12.2 Å². The number of nitrogens with zero attached hydrogens (tertiary/aromatic N) is 1. The molecule has 0 aromatic heterocycles. The van der Waals surface area contributed by atoms with E-state index in [-0.39, 0.29) is 17.9 Å². The van der Waals surface area contributed by atoms with Gasteiger partial charge in [0.25, 0.3) is 0 Å². The Hall–Kier alpha value is -0.170. The van der Waals surface area contributed by atoms with Crippen molar-refractivity contribution in [3.63, 3.8) is 0 Å². The highest BCUT2D eigenvalue weighted by atomic mass is 32.2. The maximum Gasteiger partial charge on any atom is 0.214 e. The second kappa shape index (κ2) is 8.97. The van der Waals surface area contributed by atoms with Crippen molar-refractivity contribution in [1.29, 1.82) is 0 Å².